The van der Waals surface area contributed by atoms with Crippen LogP contribution in [0, 0.1) is 0 Å². The molecular formula is C15H20BrN3. The van der Waals surface area contributed by atoms with Gasteiger partial charge in [-0.25, -0.2) is 4.98 Å². The quantitative estimate of drug-likeness (QED) is 0.902. The van der Waals surface area contributed by atoms with Crippen LogP contribution in [0.2, 0.25) is 0 Å². The van der Waals surface area contributed by atoms with Gasteiger partial charge in [-0.2, -0.15) is 0 Å². The van der Waals surface area contributed by atoms with Crippen LogP contribution in [0.5, 0.6) is 0 Å². The summed E-state index contributed by atoms with van der Waals surface area (Å²) in [5.41, 5.74) is 1.31. The lowest BCUT2D eigenvalue weighted by molar-refractivity contribution is 0.435. The van der Waals surface area contributed by atoms with Crippen molar-refractivity contribution in [2.45, 2.75) is 32.4 Å². The molecule has 19 heavy (non-hydrogen) atoms. The molecular weight excluding hydrogens is 302 g/mol. The summed E-state index contributed by atoms with van der Waals surface area (Å²) >= 11 is 3.47. The van der Waals surface area contributed by atoms with Crippen LogP contribution in [0.25, 0.3) is 0 Å². The number of nitrogens with zero attached hydrogens (tertiary/aromatic N) is 2. The van der Waals surface area contributed by atoms with Gasteiger partial charge in [0.25, 0.3) is 0 Å². The highest BCUT2D eigenvalue weighted by Crippen LogP contribution is 2.22. The van der Waals surface area contributed by atoms with E-state index in [-0.39, 0.29) is 6.04 Å². The Bertz CT molecular complexity index is 518. The van der Waals surface area contributed by atoms with Crippen LogP contribution in [0.1, 0.15) is 43.7 Å². The molecule has 0 spiro atoms. The van der Waals surface area contributed by atoms with E-state index in [0.29, 0.717) is 6.04 Å². The zero-order valence-corrected chi connectivity index (χ0v) is 13.2. The van der Waals surface area contributed by atoms with Crippen molar-refractivity contribution in [2.24, 2.45) is 7.05 Å². The first-order valence-electron chi connectivity index (χ1n) is 6.60. The van der Waals surface area contributed by atoms with Gasteiger partial charge in [-0.15, -0.1) is 0 Å². The van der Waals surface area contributed by atoms with Crippen LogP contribution in [0.4, 0.5) is 0 Å². The summed E-state index contributed by atoms with van der Waals surface area (Å²) < 4.78 is 3.18. The van der Waals surface area contributed by atoms with Crippen LogP contribution < -0.4 is 5.32 Å². The maximum absolute atomic E-state index is 4.40. The number of nitrogens with one attached hydrogen (secondary N) is 1. The predicted molar refractivity (Wildman–Crippen MR) is 81.9 cm³/mol. The van der Waals surface area contributed by atoms with E-state index in [1.165, 1.54) is 5.56 Å². The first kappa shape index (κ1) is 14.3. The third kappa shape index (κ3) is 3.45. The molecule has 102 valence electrons. The topological polar surface area (TPSA) is 29.9 Å². The van der Waals surface area contributed by atoms with Gasteiger partial charge in [0.05, 0.1) is 6.04 Å². The standard InChI is InChI=1S/C15H20BrN3/c1-4-14(12-5-7-13(16)8-6-12)18-11(2)15-17-9-10-19(15)3/h5-11,14,18H,4H2,1-3H3. The molecule has 0 saturated carbocycles. The molecule has 1 N–H and O–H groups in total. The minimum Gasteiger partial charge on any atom is -0.337 e. The molecule has 2 rings (SSSR count). The van der Waals surface area contributed by atoms with E-state index in [2.05, 4.69) is 68.9 Å². The lowest BCUT2D eigenvalue weighted by Gasteiger charge is -2.22. The average molecular weight is 322 g/mol. The van der Waals surface area contributed by atoms with E-state index in [9.17, 15) is 0 Å². The number of rotatable bonds is 5. The molecule has 1 aromatic heterocycles. The lowest BCUT2D eigenvalue weighted by atomic mass is 10.0. The SMILES string of the molecule is CCC(NC(C)c1nccn1C)c1ccc(Br)cc1. The second kappa shape index (κ2) is 6.35. The molecule has 2 unspecified atom stereocenters. The fourth-order valence-corrected chi connectivity index (χ4v) is 2.58. The summed E-state index contributed by atoms with van der Waals surface area (Å²) in [5, 5.41) is 3.65. The van der Waals surface area contributed by atoms with Gasteiger partial charge in [0.1, 0.15) is 5.82 Å². The van der Waals surface area contributed by atoms with Crippen molar-refractivity contribution in [3.63, 3.8) is 0 Å². The second-order valence-corrected chi connectivity index (χ2v) is 5.71. The maximum Gasteiger partial charge on any atom is 0.125 e. The molecule has 0 saturated heterocycles. The Balaban J connectivity index is 2.11. The Morgan fingerprint density at radius 3 is 2.53 bits per heavy atom. The predicted octanol–water partition coefficient (Wildman–Crippen LogP) is 3.98. The highest BCUT2D eigenvalue weighted by Gasteiger charge is 2.16. The molecule has 0 radical (unpaired) electrons. The molecule has 0 aliphatic rings. The van der Waals surface area contributed by atoms with Crippen LogP contribution in [-0.2, 0) is 7.05 Å². The molecule has 1 aromatic carbocycles. The normalized spacial score (nSPS) is 14.3. The molecule has 1 heterocycles. The second-order valence-electron chi connectivity index (χ2n) is 4.80. The Kier molecular flexibility index (Phi) is 4.77. The van der Waals surface area contributed by atoms with Crippen molar-refractivity contribution in [1.82, 2.24) is 14.9 Å². The Morgan fingerprint density at radius 2 is 2.00 bits per heavy atom. The molecule has 0 amide bonds. The summed E-state index contributed by atoms with van der Waals surface area (Å²) in [6, 6.07) is 9.08. The summed E-state index contributed by atoms with van der Waals surface area (Å²) in [4.78, 5) is 4.40. The maximum atomic E-state index is 4.40. The van der Waals surface area contributed by atoms with Gasteiger partial charge >= 0.3 is 0 Å². The molecule has 3 nitrogen and oxygen atoms in total. The minimum atomic E-state index is 0.230. The molecule has 2 aromatic rings. The number of aromatic nitrogens is 2. The zero-order chi connectivity index (χ0) is 13.8. The van der Waals surface area contributed by atoms with E-state index >= 15 is 0 Å². The van der Waals surface area contributed by atoms with Gasteiger partial charge in [0, 0.05) is 30.0 Å². The molecule has 0 aliphatic carbocycles. The molecule has 4 heteroatoms. The van der Waals surface area contributed by atoms with E-state index in [1.54, 1.807) is 0 Å². The number of aryl methyl sites for hydroxylation is 1. The third-order valence-corrected chi connectivity index (χ3v) is 3.91. The lowest BCUT2D eigenvalue weighted by Crippen LogP contribution is -2.26. The summed E-state index contributed by atoms with van der Waals surface area (Å²) in [6.45, 7) is 4.36. The van der Waals surface area contributed by atoms with Crippen molar-refractivity contribution in [1.29, 1.82) is 0 Å². The van der Waals surface area contributed by atoms with Crippen molar-refractivity contribution >= 4 is 15.9 Å². The van der Waals surface area contributed by atoms with Crippen LogP contribution >= 0.6 is 15.9 Å². The third-order valence-electron chi connectivity index (χ3n) is 3.38. The van der Waals surface area contributed by atoms with Crippen molar-refractivity contribution in [3.05, 3.63) is 52.5 Å². The Labute approximate surface area is 123 Å². The summed E-state index contributed by atoms with van der Waals surface area (Å²) in [7, 11) is 2.03. The van der Waals surface area contributed by atoms with E-state index in [0.717, 1.165) is 16.7 Å². The zero-order valence-electron chi connectivity index (χ0n) is 11.6. The molecule has 0 bridgehead atoms. The Morgan fingerprint density at radius 1 is 1.32 bits per heavy atom. The molecule has 0 fully saturated rings. The molecule has 0 aliphatic heterocycles. The Hall–Kier alpha value is -1.13. The van der Waals surface area contributed by atoms with Crippen LogP contribution in [0.3, 0.4) is 0 Å². The van der Waals surface area contributed by atoms with Gasteiger partial charge < -0.3 is 9.88 Å². The number of hydrogen-bond donors (Lipinski definition) is 1. The smallest absolute Gasteiger partial charge is 0.125 e. The van der Waals surface area contributed by atoms with E-state index in [1.807, 2.05) is 19.4 Å². The minimum absolute atomic E-state index is 0.230. The van der Waals surface area contributed by atoms with Gasteiger partial charge in [-0.3, -0.25) is 0 Å². The largest absolute Gasteiger partial charge is 0.337 e. The van der Waals surface area contributed by atoms with Crippen molar-refractivity contribution < 1.29 is 0 Å². The monoisotopic (exact) mass is 321 g/mol. The van der Waals surface area contributed by atoms with Gasteiger partial charge in [-0.1, -0.05) is 35.0 Å². The number of benzene rings is 1. The van der Waals surface area contributed by atoms with Crippen molar-refractivity contribution in [2.75, 3.05) is 0 Å². The van der Waals surface area contributed by atoms with E-state index in [4.69, 9.17) is 0 Å². The van der Waals surface area contributed by atoms with Crippen LogP contribution in [-0.4, -0.2) is 9.55 Å². The van der Waals surface area contributed by atoms with Gasteiger partial charge in [0.2, 0.25) is 0 Å². The van der Waals surface area contributed by atoms with Gasteiger partial charge in [-0.05, 0) is 31.0 Å². The first-order chi connectivity index (χ1) is 9.11. The fraction of sp³-hybridized carbons (Fsp3) is 0.400. The number of imidazole rings is 1. The first-order valence-corrected chi connectivity index (χ1v) is 7.39. The average Bonchev–Trinajstić information content (AvgIpc) is 2.83. The highest BCUT2D eigenvalue weighted by atomic mass is 79.9. The summed E-state index contributed by atoms with van der Waals surface area (Å²) in [6.07, 6.45) is 4.87. The van der Waals surface area contributed by atoms with Crippen LogP contribution in [0.15, 0.2) is 41.1 Å². The number of halogens is 1. The summed E-state index contributed by atoms with van der Waals surface area (Å²) in [5.74, 6) is 1.07. The number of hydrogen-bond acceptors (Lipinski definition) is 2. The highest BCUT2D eigenvalue weighted by molar-refractivity contribution is 9.10. The fourth-order valence-electron chi connectivity index (χ4n) is 2.32. The molecule has 2 atom stereocenters. The van der Waals surface area contributed by atoms with Crippen molar-refractivity contribution in [3.8, 4) is 0 Å². The van der Waals surface area contributed by atoms with E-state index < -0.39 is 0 Å². The van der Waals surface area contributed by atoms with Gasteiger partial charge in [0.15, 0.2) is 0 Å².